The van der Waals surface area contributed by atoms with E-state index in [1.807, 2.05) is 6.92 Å². The van der Waals surface area contributed by atoms with Crippen molar-refractivity contribution >= 4 is 21.9 Å². The van der Waals surface area contributed by atoms with Gasteiger partial charge < -0.3 is 16.0 Å². The third kappa shape index (κ3) is 6.73. The number of sulfonamides is 1. The topological polar surface area (TPSA) is 103 Å². The quantitative estimate of drug-likeness (QED) is 0.298. The van der Waals surface area contributed by atoms with Crippen LogP contribution in [0.25, 0.3) is 0 Å². The Morgan fingerprint density at radius 3 is 2.31 bits per heavy atom. The van der Waals surface area contributed by atoms with Crippen molar-refractivity contribution in [3.63, 3.8) is 0 Å². The first kappa shape index (κ1) is 23.7. The van der Waals surface area contributed by atoms with Crippen molar-refractivity contribution < 1.29 is 26.4 Å². The third-order valence-electron chi connectivity index (χ3n) is 5.15. The first-order valence-electron chi connectivity index (χ1n) is 10.0. The Hall–Kier alpha value is -1.56. The highest BCUT2D eigenvalue weighted by molar-refractivity contribution is 7.90. The van der Waals surface area contributed by atoms with Gasteiger partial charge in [-0.25, -0.2) is 8.42 Å². The second kappa shape index (κ2) is 10.5. The van der Waals surface area contributed by atoms with Crippen molar-refractivity contribution in [1.82, 2.24) is 20.3 Å². The lowest BCUT2D eigenvalue weighted by molar-refractivity contribution is -0.127. The van der Waals surface area contributed by atoms with Crippen molar-refractivity contribution in [2.24, 2.45) is 10.9 Å². The monoisotopic (exact) mass is 441 g/mol. The number of hydrogen-bond acceptors (Lipinski definition) is 4. The number of carbonyl (C=O) groups excluding carboxylic acids is 1. The van der Waals surface area contributed by atoms with Crippen LogP contribution in [0.1, 0.15) is 45.4 Å². The minimum Gasteiger partial charge on any atom is -0.357 e. The smallest absolute Gasteiger partial charge is 0.357 e. The fourth-order valence-corrected chi connectivity index (χ4v) is 4.18. The molecule has 0 bridgehead atoms. The zero-order valence-corrected chi connectivity index (χ0v) is 17.4. The van der Waals surface area contributed by atoms with Gasteiger partial charge in [0.1, 0.15) is 0 Å². The standard InChI is InChI=1S/C17H30F3N5O3S/c1-2-21-16(23-10-4-9-22-15(26)13-5-3-6-13)24-14-7-11-25(12-8-14)29(27,28)17(18,19)20/h13-14H,2-12H2,1H3,(H,22,26)(H2,21,23,24). The molecule has 1 aliphatic heterocycles. The van der Waals surface area contributed by atoms with E-state index < -0.39 is 15.5 Å². The molecular weight excluding hydrogens is 411 g/mol. The summed E-state index contributed by atoms with van der Waals surface area (Å²) in [5, 5.41) is 9.12. The number of nitrogens with one attached hydrogen (secondary N) is 3. The SMILES string of the molecule is CCNC(=NCCCNC(=O)C1CCC1)NC1CCN(S(=O)(=O)C(F)(F)F)CC1. The number of amides is 1. The zero-order valence-electron chi connectivity index (χ0n) is 16.6. The van der Waals surface area contributed by atoms with Gasteiger partial charge in [-0.05, 0) is 39.0 Å². The number of hydrogen-bond donors (Lipinski definition) is 3. The Morgan fingerprint density at radius 2 is 1.79 bits per heavy atom. The maximum absolute atomic E-state index is 12.6. The highest BCUT2D eigenvalue weighted by Gasteiger charge is 2.50. The Bertz CT molecular complexity index is 672. The number of alkyl halides is 3. The van der Waals surface area contributed by atoms with E-state index in [9.17, 15) is 26.4 Å². The minimum absolute atomic E-state index is 0.103. The van der Waals surface area contributed by atoms with E-state index in [1.165, 1.54) is 0 Å². The van der Waals surface area contributed by atoms with Gasteiger partial charge in [-0.15, -0.1) is 0 Å². The lowest BCUT2D eigenvalue weighted by Crippen LogP contribution is -2.51. The maximum atomic E-state index is 12.6. The van der Waals surface area contributed by atoms with Gasteiger partial charge in [0.05, 0.1) is 0 Å². The summed E-state index contributed by atoms with van der Waals surface area (Å²) in [7, 11) is -5.27. The van der Waals surface area contributed by atoms with Crippen LogP contribution < -0.4 is 16.0 Å². The van der Waals surface area contributed by atoms with E-state index in [4.69, 9.17) is 0 Å². The summed E-state index contributed by atoms with van der Waals surface area (Å²) in [4.78, 5) is 16.2. The maximum Gasteiger partial charge on any atom is 0.511 e. The number of nitrogens with zero attached hydrogens (tertiary/aromatic N) is 2. The van der Waals surface area contributed by atoms with E-state index in [0.29, 0.717) is 36.3 Å². The van der Waals surface area contributed by atoms with Crippen molar-refractivity contribution in [2.45, 2.75) is 57.0 Å². The van der Waals surface area contributed by atoms with Gasteiger partial charge in [0.25, 0.3) is 0 Å². The minimum atomic E-state index is -5.27. The summed E-state index contributed by atoms with van der Waals surface area (Å²) >= 11 is 0. The molecule has 0 atom stereocenters. The van der Waals surface area contributed by atoms with Gasteiger partial charge in [-0.2, -0.15) is 17.5 Å². The summed E-state index contributed by atoms with van der Waals surface area (Å²) in [6.07, 6.45) is 4.23. The van der Waals surface area contributed by atoms with Crippen molar-refractivity contribution in [1.29, 1.82) is 0 Å². The first-order valence-corrected chi connectivity index (χ1v) is 11.5. The van der Waals surface area contributed by atoms with Crippen LogP contribution in [0.3, 0.4) is 0 Å². The molecule has 2 fully saturated rings. The molecule has 2 aliphatic rings. The molecule has 2 rings (SSSR count). The number of aliphatic imine (C=N–C) groups is 1. The van der Waals surface area contributed by atoms with Crippen molar-refractivity contribution in [3.05, 3.63) is 0 Å². The number of guanidine groups is 1. The molecule has 1 saturated carbocycles. The number of halogens is 3. The summed E-state index contributed by atoms with van der Waals surface area (Å²) in [6, 6.07) is -0.161. The molecule has 1 aliphatic carbocycles. The largest absolute Gasteiger partial charge is 0.511 e. The fourth-order valence-electron chi connectivity index (χ4n) is 3.20. The van der Waals surface area contributed by atoms with Gasteiger partial charge in [-0.3, -0.25) is 9.79 Å². The van der Waals surface area contributed by atoms with E-state index in [0.717, 1.165) is 19.3 Å². The van der Waals surface area contributed by atoms with Crippen LogP contribution in [0.5, 0.6) is 0 Å². The van der Waals surface area contributed by atoms with E-state index in [1.54, 1.807) is 0 Å². The normalized spacial score (nSPS) is 20.2. The molecule has 29 heavy (non-hydrogen) atoms. The molecule has 168 valence electrons. The van der Waals surface area contributed by atoms with E-state index in [2.05, 4.69) is 20.9 Å². The number of rotatable bonds is 8. The molecule has 0 spiro atoms. The molecule has 8 nitrogen and oxygen atoms in total. The van der Waals surface area contributed by atoms with E-state index >= 15 is 0 Å². The van der Waals surface area contributed by atoms with Gasteiger partial charge in [-0.1, -0.05) is 6.42 Å². The lowest BCUT2D eigenvalue weighted by Gasteiger charge is -2.32. The molecule has 12 heteroatoms. The Balaban J connectivity index is 1.74. The number of carbonyl (C=O) groups is 1. The summed E-state index contributed by atoms with van der Waals surface area (Å²) in [6.45, 7) is 3.17. The molecule has 1 amide bonds. The second-order valence-electron chi connectivity index (χ2n) is 7.30. The highest BCUT2D eigenvalue weighted by atomic mass is 32.2. The Morgan fingerprint density at radius 1 is 1.14 bits per heavy atom. The van der Waals surface area contributed by atoms with Crippen LogP contribution in [-0.4, -0.2) is 68.9 Å². The van der Waals surface area contributed by atoms with Crippen molar-refractivity contribution in [3.8, 4) is 0 Å². The molecular formula is C17H30F3N5O3S. The van der Waals surface area contributed by atoms with Crippen LogP contribution in [-0.2, 0) is 14.8 Å². The molecule has 0 radical (unpaired) electrons. The summed E-state index contributed by atoms with van der Waals surface area (Å²) < 4.78 is 61.4. The van der Waals surface area contributed by atoms with Crippen LogP contribution >= 0.6 is 0 Å². The first-order chi connectivity index (χ1) is 13.6. The molecule has 1 saturated heterocycles. The third-order valence-corrected chi connectivity index (χ3v) is 6.78. The molecule has 0 aromatic heterocycles. The van der Waals surface area contributed by atoms with Gasteiger partial charge in [0.2, 0.25) is 5.91 Å². The van der Waals surface area contributed by atoms with Gasteiger partial charge in [0, 0.05) is 44.7 Å². The molecule has 0 unspecified atom stereocenters. The van der Waals surface area contributed by atoms with E-state index in [-0.39, 0.29) is 43.8 Å². The summed E-state index contributed by atoms with van der Waals surface area (Å²) in [5.74, 6) is 0.797. The van der Waals surface area contributed by atoms with Crippen LogP contribution in [0.4, 0.5) is 13.2 Å². The predicted octanol–water partition coefficient (Wildman–Crippen LogP) is 1.16. The zero-order chi connectivity index (χ0) is 21.5. The predicted molar refractivity (Wildman–Crippen MR) is 104 cm³/mol. The second-order valence-corrected chi connectivity index (χ2v) is 9.23. The van der Waals surface area contributed by atoms with Gasteiger partial charge >= 0.3 is 15.5 Å². The average Bonchev–Trinajstić information content (AvgIpc) is 2.59. The Kier molecular flexibility index (Phi) is 8.56. The number of piperidine rings is 1. The van der Waals surface area contributed by atoms with Gasteiger partial charge in [0.15, 0.2) is 5.96 Å². The lowest BCUT2D eigenvalue weighted by atomic mass is 9.85. The van der Waals surface area contributed by atoms with Crippen molar-refractivity contribution in [2.75, 3.05) is 32.7 Å². The molecule has 0 aromatic carbocycles. The molecule has 3 N–H and O–H groups in total. The fraction of sp³-hybridized carbons (Fsp3) is 0.882. The molecule has 0 aromatic rings. The molecule has 1 heterocycles. The highest BCUT2D eigenvalue weighted by Crippen LogP contribution is 2.29. The average molecular weight is 442 g/mol. The Labute approximate surface area is 169 Å². The van der Waals surface area contributed by atoms with Crippen LogP contribution in [0.2, 0.25) is 0 Å². The van der Waals surface area contributed by atoms with Crippen LogP contribution in [0, 0.1) is 5.92 Å². The van der Waals surface area contributed by atoms with Crippen LogP contribution in [0.15, 0.2) is 4.99 Å². The summed E-state index contributed by atoms with van der Waals surface area (Å²) in [5.41, 5.74) is -5.27.